The highest BCUT2D eigenvalue weighted by Gasteiger charge is 2.34. The van der Waals surface area contributed by atoms with E-state index in [9.17, 15) is 0 Å². The van der Waals surface area contributed by atoms with Crippen molar-refractivity contribution in [2.45, 2.75) is 39.0 Å². The van der Waals surface area contributed by atoms with Crippen LogP contribution >= 0.6 is 0 Å². The van der Waals surface area contributed by atoms with Crippen LogP contribution in [0.25, 0.3) is 0 Å². The van der Waals surface area contributed by atoms with Gasteiger partial charge in [-0.05, 0) is 26.0 Å². The summed E-state index contributed by atoms with van der Waals surface area (Å²) in [7, 11) is 0. The summed E-state index contributed by atoms with van der Waals surface area (Å²) in [5.41, 5.74) is -0.238. The molecule has 1 aromatic heterocycles. The maximum atomic E-state index is 6.14. The van der Waals surface area contributed by atoms with Gasteiger partial charge in [-0.1, -0.05) is 18.2 Å². The van der Waals surface area contributed by atoms with E-state index in [2.05, 4.69) is 28.9 Å². The molecule has 1 aromatic carbocycles. The number of aromatic nitrogens is 2. The lowest BCUT2D eigenvalue weighted by atomic mass is 10.1. The Balaban J connectivity index is 1.59. The summed E-state index contributed by atoms with van der Waals surface area (Å²) in [4.78, 5) is 2.27. The van der Waals surface area contributed by atoms with Gasteiger partial charge in [0.2, 0.25) is 11.8 Å². The summed E-state index contributed by atoms with van der Waals surface area (Å²) in [6, 6.07) is 9.80. The first-order chi connectivity index (χ1) is 11.0. The van der Waals surface area contributed by atoms with Gasteiger partial charge >= 0.3 is 0 Å². The Hall–Kier alpha value is -1.92. The lowest BCUT2D eigenvalue weighted by Crippen LogP contribution is -2.53. The second-order valence-electron chi connectivity index (χ2n) is 6.51. The van der Waals surface area contributed by atoms with E-state index in [1.165, 1.54) is 0 Å². The van der Waals surface area contributed by atoms with Crippen molar-refractivity contribution in [2.75, 3.05) is 19.7 Å². The third-order valence-corrected chi connectivity index (χ3v) is 3.66. The highest BCUT2D eigenvalue weighted by molar-refractivity contribution is 5.20. The second-order valence-corrected chi connectivity index (χ2v) is 6.51. The van der Waals surface area contributed by atoms with Gasteiger partial charge in [0.25, 0.3) is 0 Å². The number of ether oxygens (including phenoxy) is 2. The van der Waals surface area contributed by atoms with Crippen LogP contribution in [0, 0.1) is 6.92 Å². The number of nitrogens with zero attached hydrogens (tertiary/aromatic N) is 3. The third-order valence-electron chi connectivity index (χ3n) is 3.66. The molecular formula is C17H23N3O3. The molecule has 0 amide bonds. The molecule has 6 heteroatoms. The normalized spacial score (nSPS) is 21.3. The Morgan fingerprint density at radius 1 is 1.26 bits per heavy atom. The van der Waals surface area contributed by atoms with Crippen LogP contribution < -0.4 is 4.74 Å². The maximum Gasteiger partial charge on any atom is 0.230 e. The molecule has 2 aromatic rings. The van der Waals surface area contributed by atoms with E-state index in [4.69, 9.17) is 13.9 Å². The van der Waals surface area contributed by atoms with Crippen LogP contribution in [-0.2, 0) is 11.3 Å². The Morgan fingerprint density at radius 2 is 2.04 bits per heavy atom. The van der Waals surface area contributed by atoms with Crippen molar-refractivity contribution in [3.8, 4) is 5.75 Å². The monoisotopic (exact) mass is 317 g/mol. The van der Waals surface area contributed by atoms with E-state index < -0.39 is 0 Å². The van der Waals surface area contributed by atoms with Crippen molar-refractivity contribution in [1.82, 2.24) is 15.1 Å². The molecule has 1 aliphatic rings. The second kappa shape index (κ2) is 6.68. The van der Waals surface area contributed by atoms with Crippen molar-refractivity contribution >= 4 is 0 Å². The van der Waals surface area contributed by atoms with Gasteiger partial charge in [-0.15, -0.1) is 10.2 Å². The van der Waals surface area contributed by atoms with Gasteiger partial charge in [-0.25, -0.2) is 0 Å². The van der Waals surface area contributed by atoms with Crippen LogP contribution in [0.3, 0.4) is 0 Å². The van der Waals surface area contributed by atoms with E-state index in [-0.39, 0.29) is 11.7 Å². The summed E-state index contributed by atoms with van der Waals surface area (Å²) >= 11 is 0. The highest BCUT2D eigenvalue weighted by Crippen LogP contribution is 2.23. The molecule has 1 atom stereocenters. The number of hydrogen-bond acceptors (Lipinski definition) is 6. The van der Waals surface area contributed by atoms with Crippen LogP contribution in [0.1, 0.15) is 25.6 Å². The number of para-hydroxylation sites is 1. The molecule has 0 saturated carbocycles. The van der Waals surface area contributed by atoms with Crippen LogP contribution in [0.4, 0.5) is 0 Å². The van der Waals surface area contributed by atoms with Crippen LogP contribution in [0.15, 0.2) is 34.7 Å². The molecule has 2 heterocycles. The van der Waals surface area contributed by atoms with E-state index in [0.29, 0.717) is 24.9 Å². The lowest BCUT2D eigenvalue weighted by molar-refractivity contribution is -0.148. The fourth-order valence-corrected chi connectivity index (χ4v) is 2.92. The molecular weight excluding hydrogens is 294 g/mol. The number of hydrogen-bond donors (Lipinski definition) is 0. The quantitative estimate of drug-likeness (QED) is 0.844. The van der Waals surface area contributed by atoms with Gasteiger partial charge < -0.3 is 13.9 Å². The summed E-state index contributed by atoms with van der Waals surface area (Å²) in [5.74, 6) is 2.10. The van der Waals surface area contributed by atoms with E-state index in [1.54, 1.807) is 6.92 Å². The topological polar surface area (TPSA) is 60.6 Å². The fraction of sp³-hybridized carbons (Fsp3) is 0.529. The van der Waals surface area contributed by atoms with Crippen molar-refractivity contribution in [1.29, 1.82) is 0 Å². The van der Waals surface area contributed by atoms with Crippen LogP contribution in [0.5, 0.6) is 5.75 Å². The zero-order valence-corrected chi connectivity index (χ0v) is 13.9. The lowest BCUT2D eigenvalue weighted by Gasteiger charge is -2.42. The van der Waals surface area contributed by atoms with E-state index in [0.717, 1.165) is 18.8 Å². The van der Waals surface area contributed by atoms with Gasteiger partial charge in [0.15, 0.2) is 0 Å². The minimum absolute atomic E-state index is 0.00275. The molecule has 6 nitrogen and oxygen atoms in total. The Morgan fingerprint density at radius 3 is 2.74 bits per heavy atom. The highest BCUT2D eigenvalue weighted by atomic mass is 16.5. The smallest absolute Gasteiger partial charge is 0.230 e. The van der Waals surface area contributed by atoms with Gasteiger partial charge in [0, 0.05) is 20.0 Å². The minimum atomic E-state index is -0.238. The molecule has 1 aliphatic heterocycles. The summed E-state index contributed by atoms with van der Waals surface area (Å²) in [6.45, 7) is 8.73. The van der Waals surface area contributed by atoms with E-state index >= 15 is 0 Å². The minimum Gasteiger partial charge on any atom is -0.491 e. The zero-order chi connectivity index (χ0) is 16.3. The Kier molecular flexibility index (Phi) is 4.63. The molecule has 0 spiro atoms. The molecule has 1 saturated heterocycles. The molecule has 3 rings (SSSR count). The Labute approximate surface area is 136 Å². The number of rotatable bonds is 5. The largest absolute Gasteiger partial charge is 0.491 e. The molecule has 1 fully saturated rings. The first kappa shape index (κ1) is 16.0. The molecule has 124 valence electrons. The summed E-state index contributed by atoms with van der Waals surface area (Å²) in [6.07, 6.45) is 0.00275. The standard InChI is InChI=1S/C17H23N3O3/c1-13-18-19-16(22-13)10-20-9-15(23-17(2,3)12-20)11-21-14-7-5-4-6-8-14/h4-8,15H,9-12H2,1-3H3/t15-/m1/s1. The number of benzene rings is 1. The Bertz CT molecular complexity index is 627. The SMILES string of the molecule is Cc1nnc(CN2C[C@H](COc3ccccc3)OC(C)(C)C2)o1. The molecule has 0 radical (unpaired) electrons. The average Bonchev–Trinajstić information content (AvgIpc) is 2.90. The van der Waals surface area contributed by atoms with Gasteiger partial charge in [0.1, 0.15) is 18.5 Å². The number of morpholine rings is 1. The zero-order valence-electron chi connectivity index (χ0n) is 13.9. The van der Waals surface area contributed by atoms with Gasteiger partial charge in [0.05, 0.1) is 12.1 Å². The summed E-state index contributed by atoms with van der Waals surface area (Å²) in [5, 5.41) is 7.96. The molecule has 0 N–H and O–H groups in total. The van der Waals surface area contributed by atoms with Gasteiger partial charge in [-0.3, -0.25) is 4.90 Å². The number of aryl methyl sites for hydroxylation is 1. The molecule has 0 unspecified atom stereocenters. The predicted molar refractivity (Wildman–Crippen MR) is 85.2 cm³/mol. The summed E-state index contributed by atoms with van der Waals surface area (Å²) < 4.78 is 17.5. The van der Waals surface area contributed by atoms with Crippen LogP contribution in [-0.4, -0.2) is 46.5 Å². The van der Waals surface area contributed by atoms with Crippen molar-refractivity contribution < 1.29 is 13.9 Å². The van der Waals surface area contributed by atoms with E-state index in [1.807, 2.05) is 30.3 Å². The van der Waals surface area contributed by atoms with Crippen molar-refractivity contribution in [2.24, 2.45) is 0 Å². The average molecular weight is 317 g/mol. The third kappa shape index (κ3) is 4.53. The predicted octanol–water partition coefficient (Wildman–Crippen LogP) is 2.44. The van der Waals surface area contributed by atoms with Gasteiger partial charge in [-0.2, -0.15) is 0 Å². The first-order valence-corrected chi connectivity index (χ1v) is 7.87. The molecule has 23 heavy (non-hydrogen) atoms. The maximum absolute atomic E-state index is 6.14. The fourth-order valence-electron chi connectivity index (χ4n) is 2.92. The molecule has 0 aliphatic carbocycles. The first-order valence-electron chi connectivity index (χ1n) is 7.87. The van der Waals surface area contributed by atoms with Crippen LogP contribution in [0.2, 0.25) is 0 Å². The van der Waals surface area contributed by atoms with Crippen molar-refractivity contribution in [3.63, 3.8) is 0 Å². The van der Waals surface area contributed by atoms with Crippen molar-refractivity contribution in [3.05, 3.63) is 42.1 Å². The molecule has 0 bridgehead atoms.